The molecule has 4 N–H and O–H groups in total. The number of Topliss-reactive ketones (excluding diaryl/α,β-unsaturated/α-hetero) is 1. The van der Waals surface area contributed by atoms with Gasteiger partial charge in [-0.15, -0.1) is 0 Å². The van der Waals surface area contributed by atoms with E-state index >= 15 is 0 Å². The van der Waals surface area contributed by atoms with Gasteiger partial charge in [-0.05, 0) is 65.5 Å². The van der Waals surface area contributed by atoms with E-state index in [2.05, 4.69) is 0 Å². The second kappa shape index (κ2) is 21.8. The fourth-order valence-corrected chi connectivity index (χ4v) is 8.39. The van der Waals surface area contributed by atoms with Gasteiger partial charge in [-0.2, -0.15) is 0 Å². The van der Waals surface area contributed by atoms with Crippen molar-refractivity contribution in [2.24, 2.45) is 29.6 Å². The van der Waals surface area contributed by atoms with Crippen molar-refractivity contribution in [2.75, 3.05) is 34.9 Å². The number of carbonyl (C=O) groups excluding carboxylic acids is 3. The molecule has 15 nitrogen and oxygen atoms in total. The summed E-state index contributed by atoms with van der Waals surface area (Å²) < 4.78 is 41.9. The van der Waals surface area contributed by atoms with Gasteiger partial charge in [-0.3, -0.25) is 9.59 Å². The topological polar surface area (TPSA) is 200 Å². The van der Waals surface area contributed by atoms with Gasteiger partial charge in [0.2, 0.25) is 0 Å². The molecule has 0 radical (unpaired) electrons. The number of methoxy groups -OCH3 is 2. The summed E-state index contributed by atoms with van der Waals surface area (Å²) in [6.07, 6.45) is -8.30. The van der Waals surface area contributed by atoms with Crippen LogP contribution in [0.1, 0.15) is 86.5 Å². The quantitative estimate of drug-likeness (QED) is 0.175. The predicted molar refractivity (Wildman–Crippen MR) is 196 cm³/mol. The Labute approximate surface area is 321 Å². The minimum absolute atomic E-state index is 0.00932. The van der Waals surface area contributed by atoms with Crippen LogP contribution in [0.3, 0.4) is 0 Å². The summed E-state index contributed by atoms with van der Waals surface area (Å²) in [5.41, 5.74) is 0. The highest BCUT2D eigenvalue weighted by atomic mass is 16.7. The number of rotatable bonds is 11. The molecule has 3 heterocycles. The fourth-order valence-electron chi connectivity index (χ4n) is 8.39. The van der Waals surface area contributed by atoms with Gasteiger partial charge in [0.15, 0.2) is 12.6 Å². The number of likely N-dealkylation sites (N-methyl/N-ethyl adjacent to an activating group) is 1. The van der Waals surface area contributed by atoms with Crippen LogP contribution in [0.15, 0.2) is 0 Å². The van der Waals surface area contributed by atoms with Gasteiger partial charge in [0.05, 0.1) is 49.6 Å². The minimum Gasteiger partial charge on any atom is -0.462 e. The summed E-state index contributed by atoms with van der Waals surface area (Å²) in [4.78, 5) is 41.0. The average molecular weight is 776 g/mol. The van der Waals surface area contributed by atoms with Gasteiger partial charge in [0.1, 0.15) is 42.6 Å². The molecule has 0 aliphatic carbocycles. The molecule has 0 aromatic heterocycles. The lowest BCUT2D eigenvalue weighted by Crippen LogP contribution is -2.63. The van der Waals surface area contributed by atoms with Crippen LogP contribution in [0.4, 0.5) is 0 Å². The molecule has 314 valence electrons. The Morgan fingerprint density at radius 3 is 2.06 bits per heavy atom. The first-order valence-electron chi connectivity index (χ1n) is 19.7. The number of aliphatic hydroxyl groups is 4. The summed E-state index contributed by atoms with van der Waals surface area (Å²) in [5.74, 6) is -2.66. The summed E-state index contributed by atoms with van der Waals surface area (Å²) in [6, 6.07) is -0.725. The zero-order valence-electron chi connectivity index (χ0n) is 33.9. The molecule has 0 saturated carbocycles. The molecular weight excluding hydrogens is 706 g/mol. The third-order valence-corrected chi connectivity index (χ3v) is 11.8. The third kappa shape index (κ3) is 11.9. The third-order valence-electron chi connectivity index (χ3n) is 11.8. The molecule has 3 aliphatic rings. The summed E-state index contributed by atoms with van der Waals surface area (Å²) in [6.45, 7) is 11.0. The van der Waals surface area contributed by atoms with Crippen LogP contribution in [-0.2, 0) is 47.5 Å². The first-order chi connectivity index (χ1) is 25.5. The largest absolute Gasteiger partial charge is 0.462 e. The van der Waals surface area contributed by atoms with E-state index in [1.54, 1.807) is 39.8 Å². The molecular formula is C39H69NO14. The lowest BCUT2D eigenvalue weighted by atomic mass is 9.79. The maximum atomic E-state index is 13.6. The Balaban J connectivity index is 1.91. The van der Waals surface area contributed by atoms with E-state index in [1.165, 1.54) is 14.2 Å². The zero-order valence-corrected chi connectivity index (χ0v) is 33.9. The summed E-state index contributed by atoms with van der Waals surface area (Å²) in [7, 11) is 6.42. The lowest BCUT2D eigenvalue weighted by Gasteiger charge is -2.46. The molecule has 3 saturated heterocycles. The van der Waals surface area contributed by atoms with E-state index < -0.39 is 103 Å². The van der Waals surface area contributed by atoms with E-state index in [0.717, 1.165) is 6.29 Å². The monoisotopic (exact) mass is 775 g/mol. The smallest absolute Gasteiger partial charge is 0.308 e. The fraction of sp³-hybridized carbons (Fsp3) is 0.923. The van der Waals surface area contributed by atoms with Gasteiger partial charge >= 0.3 is 5.97 Å². The molecule has 15 heteroatoms. The molecule has 0 aromatic carbocycles. The average Bonchev–Trinajstić information content (AvgIpc) is 3.12. The van der Waals surface area contributed by atoms with Crippen molar-refractivity contribution >= 4 is 18.0 Å². The summed E-state index contributed by atoms with van der Waals surface area (Å²) in [5, 5.41) is 44.3. The first-order valence-corrected chi connectivity index (χ1v) is 19.7. The van der Waals surface area contributed by atoms with Crippen molar-refractivity contribution in [2.45, 2.75) is 166 Å². The highest BCUT2D eigenvalue weighted by Crippen LogP contribution is 2.35. The molecule has 3 fully saturated rings. The molecule has 3 unspecified atom stereocenters. The second-order valence-electron chi connectivity index (χ2n) is 16.2. The Morgan fingerprint density at radius 2 is 1.46 bits per heavy atom. The van der Waals surface area contributed by atoms with Crippen molar-refractivity contribution in [3.8, 4) is 0 Å². The van der Waals surface area contributed by atoms with Gasteiger partial charge in [0.25, 0.3) is 0 Å². The maximum Gasteiger partial charge on any atom is 0.308 e. The first kappa shape index (κ1) is 46.8. The van der Waals surface area contributed by atoms with Crippen LogP contribution in [0.25, 0.3) is 0 Å². The van der Waals surface area contributed by atoms with Crippen molar-refractivity contribution in [1.82, 2.24) is 4.90 Å². The van der Waals surface area contributed by atoms with Crippen LogP contribution >= 0.6 is 0 Å². The van der Waals surface area contributed by atoms with E-state index in [-0.39, 0.29) is 49.9 Å². The number of nitrogens with zero attached hydrogens (tertiary/aromatic N) is 1. The van der Waals surface area contributed by atoms with Gasteiger partial charge in [-0.25, -0.2) is 0 Å². The number of esters is 1. The Hall–Kier alpha value is -1.63. The van der Waals surface area contributed by atoms with Crippen molar-refractivity contribution in [3.63, 3.8) is 0 Å². The van der Waals surface area contributed by atoms with Crippen molar-refractivity contribution < 1.29 is 68.0 Å². The number of hydrogen-bond donors (Lipinski definition) is 4. The van der Waals surface area contributed by atoms with Crippen LogP contribution < -0.4 is 0 Å². The van der Waals surface area contributed by atoms with Crippen LogP contribution in [0.2, 0.25) is 0 Å². The lowest BCUT2D eigenvalue weighted by molar-refractivity contribution is -0.305. The normalized spacial score (nSPS) is 43.8. The Kier molecular flexibility index (Phi) is 18.8. The number of cyclic esters (lactones) is 1. The second-order valence-corrected chi connectivity index (χ2v) is 16.2. The molecule has 0 bridgehead atoms. The van der Waals surface area contributed by atoms with E-state index in [1.807, 2.05) is 20.8 Å². The maximum absolute atomic E-state index is 13.6. The Morgan fingerprint density at radius 1 is 0.833 bits per heavy atom. The SMILES string of the molecule is CCC1OC(=O)C[C@@H](O)[C@H](C)C(O[C@@H]2O[C@H](C)[C@@H](O)[C@H](N(C)C)[C@H]2O)[C@@H](CC=O)C[C@@H](C)C(=O)CCC(C)C[C@@H]1CO[C@@H]1O[C@H](C)[C@@H](O)[C@@H](OC)[C@H]1OC. The highest BCUT2D eigenvalue weighted by Gasteiger charge is 2.48. The standard InChI is InChI=1S/C39H69NO14/c1-11-29-26(19-50-39-37(49-10)36(48-9)33(46)24(6)52-39)16-20(2)12-13-27(42)21(3)17-25(14-15-41)35(22(4)28(43)18-30(44)53-29)54-38-34(47)31(40(7)8)32(45)23(5)51-38/h15,20-26,28-29,31-39,43,45-47H,11-14,16-19H2,1-10H3/t20?,21-,22+,23-,24-,25+,26-,28-,29?,31+,32-,33-,34-,35?,36-,37-,38+,39-/m1/s1. The molecule has 0 spiro atoms. The van der Waals surface area contributed by atoms with E-state index in [9.17, 15) is 34.8 Å². The predicted octanol–water partition coefficient (Wildman–Crippen LogP) is 1.87. The van der Waals surface area contributed by atoms with Gasteiger partial charge in [0, 0.05) is 44.8 Å². The van der Waals surface area contributed by atoms with Gasteiger partial charge < -0.3 is 63.3 Å². The van der Waals surface area contributed by atoms with Gasteiger partial charge in [-0.1, -0.05) is 27.7 Å². The van der Waals surface area contributed by atoms with E-state index in [4.69, 9.17) is 33.2 Å². The van der Waals surface area contributed by atoms with Crippen LogP contribution in [-0.4, -0.2) is 158 Å². The zero-order chi connectivity index (χ0) is 40.4. The molecule has 0 aromatic rings. The van der Waals surface area contributed by atoms with E-state index in [0.29, 0.717) is 19.3 Å². The number of aliphatic hydroxyl groups excluding tert-OH is 4. The molecule has 3 rings (SSSR count). The molecule has 0 amide bonds. The highest BCUT2D eigenvalue weighted by molar-refractivity contribution is 5.80. The number of carbonyl (C=O) groups is 3. The Bertz CT molecular complexity index is 1160. The van der Waals surface area contributed by atoms with Crippen LogP contribution in [0, 0.1) is 29.6 Å². The van der Waals surface area contributed by atoms with Crippen molar-refractivity contribution in [1.29, 1.82) is 0 Å². The van der Waals surface area contributed by atoms with Crippen LogP contribution in [0.5, 0.6) is 0 Å². The number of hydrogen-bond acceptors (Lipinski definition) is 15. The number of aldehydes is 1. The molecule has 3 aliphatic heterocycles. The molecule has 18 atom stereocenters. The number of ether oxygens (including phenoxy) is 7. The summed E-state index contributed by atoms with van der Waals surface area (Å²) >= 11 is 0. The number of ketones is 1. The van der Waals surface area contributed by atoms with Crippen molar-refractivity contribution in [3.05, 3.63) is 0 Å². The minimum atomic E-state index is -1.29. The molecule has 54 heavy (non-hydrogen) atoms.